The number of benzene rings is 2. The summed E-state index contributed by atoms with van der Waals surface area (Å²) in [6.07, 6.45) is 0. The summed E-state index contributed by atoms with van der Waals surface area (Å²) in [7, 11) is 3.02. The monoisotopic (exact) mass is 468 g/mol. The average Bonchev–Trinajstić information content (AvgIpc) is 3.10. The van der Waals surface area contributed by atoms with Crippen molar-refractivity contribution in [3.63, 3.8) is 0 Å². The number of likely N-dealkylation sites (tertiary alicyclic amines) is 1. The normalized spacial score (nSPS) is 17.5. The van der Waals surface area contributed by atoms with Gasteiger partial charge in [0.05, 0.1) is 31.4 Å². The lowest BCUT2D eigenvalue weighted by Crippen LogP contribution is -2.38. The number of phenolic OH excluding ortho intramolecular Hbond substituents is 1. The van der Waals surface area contributed by atoms with Crippen molar-refractivity contribution in [3.8, 4) is 17.2 Å². The number of methoxy groups -OCH3 is 2. The molecule has 3 rings (SSSR count). The summed E-state index contributed by atoms with van der Waals surface area (Å²) < 4.78 is 10.9. The number of phenols is 1. The van der Waals surface area contributed by atoms with Gasteiger partial charge in [0.15, 0.2) is 0 Å². The van der Waals surface area contributed by atoms with Crippen molar-refractivity contribution in [1.82, 2.24) is 9.80 Å². The Bertz CT molecular complexity index is 1110. The van der Waals surface area contributed by atoms with Crippen molar-refractivity contribution in [3.05, 3.63) is 58.7 Å². The maximum absolute atomic E-state index is 13.3. The molecule has 0 saturated carbocycles. The Hall–Kier alpha value is -3.52. The first kappa shape index (κ1) is 25.1. The van der Waals surface area contributed by atoms with E-state index >= 15 is 0 Å². The van der Waals surface area contributed by atoms with Crippen molar-refractivity contribution >= 4 is 17.4 Å². The van der Waals surface area contributed by atoms with Gasteiger partial charge < -0.3 is 29.5 Å². The summed E-state index contributed by atoms with van der Waals surface area (Å²) in [5.74, 6) is -1.18. The van der Waals surface area contributed by atoms with Crippen LogP contribution in [0.1, 0.15) is 36.6 Å². The molecule has 8 heteroatoms. The summed E-state index contributed by atoms with van der Waals surface area (Å²) in [5.41, 5.74) is 1.28. The van der Waals surface area contributed by atoms with Gasteiger partial charge >= 0.3 is 0 Å². The van der Waals surface area contributed by atoms with E-state index in [1.165, 1.54) is 25.2 Å². The summed E-state index contributed by atoms with van der Waals surface area (Å²) in [6, 6.07) is 8.91. The van der Waals surface area contributed by atoms with E-state index < -0.39 is 23.5 Å². The van der Waals surface area contributed by atoms with Crippen LogP contribution in [0.25, 0.3) is 5.76 Å². The van der Waals surface area contributed by atoms with E-state index in [4.69, 9.17) is 9.47 Å². The Kier molecular flexibility index (Phi) is 7.83. The molecule has 0 spiro atoms. The molecule has 1 saturated heterocycles. The molecule has 1 fully saturated rings. The van der Waals surface area contributed by atoms with Crippen molar-refractivity contribution in [2.24, 2.45) is 0 Å². The minimum atomic E-state index is -0.916. The van der Waals surface area contributed by atoms with Gasteiger partial charge in [-0.3, -0.25) is 9.59 Å². The van der Waals surface area contributed by atoms with Crippen molar-refractivity contribution in [2.45, 2.75) is 26.8 Å². The van der Waals surface area contributed by atoms with E-state index in [1.807, 2.05) is 20.8 Å². The second-order valence-corrected chi connectivity index (χ2v) is 8.15. The lowest BCUT2D eigenvalue weighted by Gasteiger charge is -2.29. The SMILES string of the molecule is CCN(CC)CCN1C(=O)C(=O)C(=C(O)c2cc(C)ccc2O)[C@@H]1c1cc(OC)ccc1OC. The highest BCUT2D eigenvalue weighted by Crippen LogP contribution is 2.44. The second kappa shape index (κ2) is 10.6. The molecule has 0 aromatic heterocycles. The fourth-order valence-corrected chi connectivity index (χ4v) is 4.26. The zero-order valence-corrected chi connectivity index (χ0v) is 20.3. The third-order valence-corrected chi connectivity index (χ3v) is 6.23. The van der Waals surface area contributed by atoms with E-state index in [2.05, 4.69) is 4.90 Å². The maximum atomic E-state index is 13.3. The zero-order valence-electron chi connectivity index (χ0n) is 20.3. The third kappa shape index (κ3) is 4.72. The van der Waals surface area contributed by atoms with Crippen LogP contribution in [0.4, 0.5) is 0 Å². The first-order chi connectivity index (χ1) is 16.3. The van der Waals surface area contributed by atoms with E-state index in [-0.39, 0.29) is 23.4 Å². The van der Waals surface area contributed by atoms with Gasteiger partial charge in [0.1, 0.15) is 23.0 Å². The van der Waals surface area contributed by atoms with Gasteiger partial charge in [-0.05, 0) is 50.3 Å². The summed E-state index contributed by atoms with van der Waals surface area (Å²) in [4.78, 5) is 30.1. The molecule has 2 aromatic rings. The molecule has 2 N–H and O–H groups in total. The van der Waals surface area contributed by atoms with E-state index in [0.29, 0.717) is 23.6 Å². The van der Waals surface area contributed by atoms with Crippen LogP contribution in [0, 0.1) is 6.92 Å². The number of ether oxygens (including phenoxy) is 2. The molecule has 34 heavy (non-hydrogen) atoms. The molecule has 182 valence electrons. The van der Waals surface area contributed by atoms with Crippen LogP contribution in [-0.4, -0.2) is 72.1 Å². The number of aromatic hydroxyl groups is 1. The van der Waals surface area contributed by atoms with Crippen molar-refractivity contribution in [2.75, 3.05) is 40.4 Å². The van der Waals surface area contributed by atoms with Crippen LogP contribution < -0.4 is 9.47 Å². The van der Waals surface area contributed by atoms with Crippen molar-refractivity contribution < 1.29 is 29.3 Å². The molecule has 0 bridgehead atoms. The number of ketones is 1. The van der Waals surface area contributed by atoms with Crippen LogP contribution in [-0.2, 0) is 9.59 Å². The number of aliphatic hydroxyl groups excluding tert-OH is 1. The summed E-state index contributed by atoms with van der Waals surface area (Å²) in [5, 5.41) is 21.7. The smallest absolute Gasteiger partial charge is 0.295 e. The highest BCUT2D eigenvalue weighted by atomic mass is 16.5. The Morgan fingerprint density at radius 2 is 1.76 bits per heavy atom. The van der Waals surface area contributed by atoms with Crippen LogP contribution in [0.15, 0.2) is 42.0 Å². The molecule has 8 nitrogen and oxygen atoms in total. The van der Waals surface area contributed by atoms with Gasteiger partial charge in [-0.1, -0.05) is 25.5 Å². The van der Waals surface area contributed by atoms with Crippen LogP contribution >= 0.6 is 0 Å². The Morgan fingerprint density at radius 3 is 2.38 bits per heavy atom. The molecule has 0 aliphatic carbocycles. The average molecular weight is 469 g/mol. The van der Waals surface area contributed by atoms with Crippen LogP contribution in [0.2, 0.25) is 0 Å². The molecule has 1 amide bonds. The first-order valence-corrected chi connectivity index (χ1v) is 11.3. The van der Waals surface area contributed by atoms with Gasteiger partial charge in [0, 0.05) is 18.7 Å². The van der Waals surface area contributed by atoms with Crippen molar-refractivity contribution in [1.29, 1.82) is 0 Å². The molecule has 1 aliphatic heterocycles. The highest BCUT2D eigenvalue weighted by molar-refractivity contribution is 6.46. The van der Waals surface area contributed by atoms with Gasteiger partial charge in [0.2, 0.25) is 0 Å². The molecule has 1 heterocycles. The quantitative estimate of drug-likeness (QED) is 0.330. The first-order valence-electron chi connectivity index (χ1n) is 11.3. The minimum absolute atomic E-state index is 0.0913. The fraction of sp³-hybridized carbons (Fsp3) is 0.385. The third-order valence-electron chi connectivity index (χ3n) is 6.23. The molecular formula is C26H32N2O6. The van der Waals surface area contributed by atoms with E-state index in [9.17, 15) is 19.8 Å². The number of aryl methyl sites for hydroxylation is 1. The Labute approximate surface area is 200 Å². The Balaban J connectivity index is 2.24. The largest absolute Gasteiger partial charge is 0.507 e. The highest BCUT2D eigenvalue weighted by Gasteiger charge is 2.47. The van der Waals surface area contributed by atoms with Crippen LogP contribution in [0.5, 0.6) is 17.2 Å². The number of hydrogen-bond acceptors (Lipinski definition) is 7. The van der Waals surface area contributed by atoms with Gasteiger partial charge in [-0.2, -0.15) is 0 Å². The number of hydrogen-bond donors (Lipinski definition) is 2. The number of carbonyl (C=O) groups excluding carboxylic acids is 2. The topological polar surface area (TPSA) is 99.5 Å². The van der Waals surface area contributed by atoms with Gasteiger partial charge in [0.25, 0.3) is 11.7 Å². The summed E-state index contributed by atoms with van der Waals surface area (Å²) in [6.45, 7) is 8.28. The molecule has 2 aromatic carbocycles. The lowest BCUT2D eigenvalue weighted by atomic mass is 9.93. The molecule has 0 unspecified atom stereocenters. The fourth-order valence-electron chi connectivity index (χ4n) is 4.26. The molecular weight excluding hydrogens is 436 g/mol. The van der Waals surface area contributed by atoms with Crippen LogP contribution in [0.3, 0.4) is 0 Å². The second-order valence-electron chi connectivity index (χ2n) is 8.15. The zero-order chi connectivity index (χ0) is 25.0. The predicted octanol–water partition coefficient (Wildman–Crippen LogP) is 3.48. The predicted molar refractivity (Wildman–Crippen MR) is 129 cm³/mol. The molecule has 0 radical (unpaired) electrons. The number of amides is 1. The molecule has 1 atom stereocenters. The number of Topliss-reactive ketones (excluding diaryl/α,β-unsaturated/α-hetero) is 1. The standard InChI is InChI=1S/C26H32N2O6/c1-6-27(7-2)12-13-28-23(19-15-17(33-4)9-11-21(19)34-5)22(25(31)26(28)32)24(30)18-14-16(3)8-10-20(18)29/h8-11,14-15,23,29-30H,6-7,12-13H2,1-5H3/t23-/m0/s1. The maximum Gasteiger partial charge on any atom is 0.295 e. The Morgan fingerprint density at radius 1 is 1.06 bits per heavy atom. The number of carbonyl (C=O) groups is 2. The molecule has 1 aliphatic rings. The van der Waals surface area contributed by atoms with Gasteiger partial charge in [-0.25, -0.2) is 0 Å². The number of rotatable bonds is 9. The van der Waals surface area contributed by atoms with E-state index in [0.717, 1.165) is 18.7 Å². The van der Waals surface area contributed by atoms with Gasteiger partial charge in [-0.15, -0.1) is 0 Å². The minimum Gasteiger partial charge on any atom is -0.507 e. The lowest BCUT2D eigenvalue weighted by molar-refractivity contribution is -0.140. The number of likely N-dealkylation sites (N-methyl/N-ethyl adjacent to an activating group) is 1. The number of aliphatic hydroxyl groups is 1. The summed E-state index contributed by atoms with van der Waals surface area (Å²) >= 11 is 0. The number of nitrogens with zero attached hydrogens (tertiary/aromatic N) is 2. The van der Waals surface area contributed by atoms with E-state index in [1.54, 1.807) is 30.3 Å².